The molecule has 19 heavy (non-hydrogen) atoms. The molecule has 2 rings (SSSR count). The van der Waals surface area contributed by atoms with E-state index in [4.69, 9.17) is 12.7 Å². The van der Waals surface area contributed by atoms with Gasteiger partial charge < -0.3 is 4.65 Å². The highest BCUT2D eigenvalue weighted by Crippen LogP contribution is 2.29. The van der Waals surface area contributed by atoms with E-state index < -0.39 is 0 Å². The Morgan fingerprint density at radius 3 is 2.53 bits per heavy atom. The van der Waals surface area contributed by atoms with E-state index in [2.05, 4.69) is 25.6 Å². The molecule has 0 fully saturated rings. The SMILES string of the molecule is [B]OC(=C(C#N)c1cnc(C)nc1)c1snnc1C. The zero-order valence-corrected chi connectivity index (χ0v) is 11.1. The van der Waals surface area contributed by atoms with Gasteiger partial charge >= 0.3 is 8.05 Å². The van der Waals surface area contributed by atoms with Gasteiger partial charge in [-0.15, -0.1) is 5.10 Å². The minimum Gasteiger partial charge on any atom is -0.566 e. The summed E-state index contributed by atoms with van der Waals surface area (Å²) >= 11 is 1.11. The molecule has 0 aliphatic rings. The molecule has 0 aliphatic heterocycles. The summed E-state index contributed by atoms with van der Waals surface area (Å²) in [6, 6.07) is 2.05. The third-order valence-electron chi connectivity index (χ3n) is 2.38. The first-order chi connectivity index (χ1) is 9.17. The number of nitriles is 1. The lowest BCUT2D eigenvalue weighted by Crippen LogP contribution is -1.96. The zero-order valence-electron chi connectivity index (χ0n) is 10.3. The van der Waals surface area contributed by atoms with E-state index in [1.165, 1.54) is 0 Å². The van der Waals surface area contributed by atoms with E-state index in [0.717, 1.165) is 11.5 Å². The average molecular weight is 269 g/mol. The van der Waals surface area contributed by atoms with Crippen LogP contribution in [0.4, 0.5) is 0 Å². The molecule has 0 aliphatic carbocycles. The summed E-state index contributed by atoms with van der Waals surface area (Å²) in [4.78, 5) is 8.71. The van der Waals surface area contributed by atoms with Crippen molar-refractivity contribution in [3.63, 3.8) is 0 Å². The summed E-state index contributed by atoms with van der Waals surface area (Å²) in [5.41, 5.74) is 1.42. The summed E-state index contributed by atoms with van der Waals surface area (Å²) in [6.45, 7) is 3.52. The van der Waals surface area contributed by atoms with Crippen LogP contribution in [0.15, 0.2) is 12.4 Å². The molecule has 2 heterocycles. The molecule has 0 saturated carbocycles. The lowest BCUT2D eigenvalue weighted by Gasteiger charge is -2.08. The Morgan fingerprint density at radius 2 is 2.05 bits per heavy atom. The van der Waals surface area contributed by atoms with Gasteiger partial charge in [-0.1, -0.05) is 4.49 Å². The highest BCUT2D eigenvalue weighted by Gasteiger charge is 2.17. The number of aryl methyl sites for hydroxylation is 2. The number of allylic oxidation sites excluding steroid dienone is 1. The summed E-state index contributed by atoms with van der Waals surface area (Å²) in [5, 5.41) is 13.2. The van der Waals surface area contributed by atoms with E-state index >= 15 is 0 Å². The van der Waals surface area contributed by atoms with Crippen LogP contribution < -0.4 is 0 Å². The molecule has 2 aromatic rings. The van der Waals surface area contributed by atoms with Gasteiger partial charge in [0.05, 0.1) is 5.69 Å². The molecule has 8 heteroatoms. The van der Waals surface area contributed by atoms with Crippen molar-refractivity contribution in [1.29, 1.82) is 5.26 Å². The maximum atomic E-state index is 9.30. The Hall–Kier alpha value is -2.27. The predicted octanol–water partition coefficient (Wildman–Crippen LogP) is 1.44. The van der Waals surface area contributed by atoms with Crippen LogP contribution in [0.1, 0.15) is 22.0 Å². The van der Waals surface area contributed by atoms with Crippen LogP contribution in [0.2, 0.25) is 0 Å². The van der Waals surface area contributed by atoms with Crippen molar-refractivity contribution in [1.82, 2.24) is 19.6 Å². The molecular formula is C11H8BN5OS. The van der Waals surface area contributed by atoms with Crippen LogP contribution in [0.5, 0.6) is 0 Å². The van der Waals surface area contributed by atoms with Crippen molar-refractivity contribution >= 4 is 30.9 Å². The molecule has 0 aromatic carbocycles. The zero-order chi connectivity index (χ0) is 13.8. The molecule has 2 aromatic heterocycles. The van der Waals surface area contributed by atoms with Crippen LogP contribution in [0.25, 0.3) is 11.3 Å². The molecule has 92 valence electrons. The smallest absolute Gasteiger partial charge is 0.374 e. The molecular weight excluding hydrogens is 261 g/mol. The maximum absolute atomic E-state index is 9.30. The van der Waals surface area contributed by atoms with Gasteiger partial charge in [-0.3, -0.25) is 0 Å². The van der Waals surface area contributed by atoms with Gasteiger partial charge in [0.15, 0.2) is 0 Å². The van der Waals surface area contributed by atoms with E-state index in [1.807, 2.05) is 0 Å². The quantitative estimate of drug-likeness (QED) is 0.476. The summed E-state index contributed by atoms with van der Waals surface area (Å²) in [5.74, 6) is 0.842. The Morgan fingerprint density at radius 1 is 1.37 bits per heavy atom. The molecule has 6 nitrogen and oxygen atoms in total. The Kier molecular flexibility index (Phi) is 3.87. The Balaban J connectivity index is 2.60. The van der Waals surface area contributed by atoms with Crippen molar-refractivity contribution in [3.05, 3.63) is 34.4 Å². The van der Waals surface area contributed by atoms with Crippen LogP contribution in [-0.2, 0) is 4.65 Å². The van der Waals surface area contributed by atoms with Gasteiger partial charge in [-0.25, -0.2) is 9.97 Å². The van der Waals surface area contributed by atoms with Gasteiger partial charge in [0.2, 0.25) is 0 Å². The summed E-state index contributed by atoms with van der Waals surface area (Å²) in [7, 11) is 5.28. The van der Waals surface area contributed by atoms with E-state index in [-0.39, 0.29) is 11.3 Å². The third-order valence-corrected chi connectivity index (χ3v) is 3.21. The monoisotopic (exact) mass is 269 g/mol. The normalized spacial score (nSPS) is 11.6. The second-order valence-corrected chi connectivity index (χ2v) is 4.39. The average Bonchev–Trinajstić information content (AvgIpc) is 2.83. The Labute approximate surface area is 115 Å². The molecule has 0 N–H and O–H groups in total. The van der Waals surface area contributed by atoms with E-state index in [1.54, 1.807) is 26.2 Å². The second kappa shape index (κ2) is 5.58. The number of hydrogen-bond donors (Lipinski definition) is 0. The fourth-order valence-corrected chi connectivity index (χ4v) is 2.08. The first kappa shape index (κ1) is 13.2. The highest BCUT2D eigenvalue weighted by molar-refractivity contribution is 7.07. The maximum Gasteiger partial charge on any atom is 0.374 e. The van der Waals surface area contributed by atoms with Gasteiger partial charge in [-0.2, -0.15) is 5.26 Å². The fraction of sp³-hybridized carbons (Fsp3) is 0.182. The molecule has 0 amide bonds. The first-order valence-electron chi connectivity index (χ1n) is 5.26. The predicted molar refractivity (Wildman–Crippen MR) is 70.7 cm³/mol. The summed E-state index contributed by atoms with van der Waals surface area (Å²) in [6.07, 6.45) is 3.09. The molecule has 0 atom stereocenters. The lowest BCUT2D eigenvalue weighted by atomic mass is 10.1. The fourth-order valence-electron chi connectivity index (χ4n) is 1.43. The van der Waals surface area contributed by atoms with Gasteiger partial charge in [0, 0.05) is 18.0 Å². The molecule has 2 radical (unpaired) electrons. The van der Waals surface area contributed by atoms with Gasteiger partial charge in [0.1, 0.15) is 28.1 Å². The number of rotatable bonds is 3. The minimum atomic E-state index is 0.224. The van der Waals surface area contributed by atoms with Crippen LogP contribution in [0, 0.1) is 25.2 Å². The van der Waals surface area contributed by atoms with Crippen molar-refractivity contribution < 1.29 is 4.65 Å². The molecule has 0 saturated heterocycles. The molecule has 0 spiro atoms. The van der Waals surface area contributed by atoms with Crippen LogP contribution in [0.3, 0.4) is 0 Å². The standard InChI is InChI=1S/C11H8BN5OS/c1-6-11(19-17-16-6)10(18-12)9(3-13)8-4-14-7(2)15-5-8/h4-5H,1-2H3. The van der Waals surface area contributed by atoms with Crippen molar-refractivity contribution in [2.45, 2.75) is 13.8 Å². The number of hydrogen-bond acceptors (Lipinski definition) is 7. The minimum absolute atomic E-state index is 0.224. The lowest BCUT2D eigenvalue weighted by molar-refractivity contribution is 0.576. The van der Waals surface area contributed by atoms with Gasteiger partial charge in [0.25, 0.3) is 0 Å². The van der Waals surface area contributed by atoms with Crippen molar-refractivity contribution in [2.75, 3.05) is 0 Å². The number of aromatic nitrogens is 4. The van der Waals surface area contributed by atoms with Crippen LogP contribution >= 0.6 is 11.5 Å². The number of nitrogens with zero attached hydrogens (tertiary/aromatic N) is 5. The second-order valence-electron chi connectivity index (χ2n) is 3.64. The third kappa shape index (κ3) is 2.61. The largest absolute Gasteiger partial charge is 0.566 e. The van der Waals surface area contributed by atoms with E-state index in [0.29, 0.717) is 22.0 Å². The Bertz CT molecular complexity index is 658. The topological polar surface area (TPSA) is 84.6 Å². The van der Waals surface area contributed by atoms with E-state index in [9.17, 15) is 5.26 Å². The highest BCUT2D eigenvalue weighted by atomic mass is 32.1. The first-order valence-corrected chi connectivity index (χ1v) is 6.04. The molecule has 0 bridgehead atoms. The van der Waals surface area contributed by atoms with Crippen molar-refractivity contribution in [3.8, 4) is 6.07 Å². The summed E-state index contributed by atoms with van der Waals surface area (Å²) < 4.78 is 8.64. The molecule has 0 unspecified atom stereocenters. The van der Waals surface area contributed by atoms with Crippen LogP contribution in [-0.4, -0.2) is 27.6 Å². The van der Waals surface area contributed by atoms with Gasteiger partial charge in [-0.05, 0) is 25.4 Å². The van der Waals surface area contributed by atoms with Crippen molar-refractivity contribution in [2.24, 2.45) is 0 Å².